The normalized spacial score (nSPS) is 25.7. The maximum absolute atomic E-state index is 11.8. The quantitative estimate of drug-likeness (QED) is 0.787. The van der Waals surface area contributed by atoms with Gasteiger partial charge in [0.05, 0.1) is 18.8 Å². The zero-order valence-corrected chi connectivity index (χ0v) is 11.2. The van der Waals surface area contributed by atoms with Gasteiger partial charge >= 0.3 is 0 Å². The topological polar surface area (TPSA) is 46.6 Å². The summed E-state index contributed by atoms with van der Waals surface area (Å²) in [6.45, 7) is 0.520. The lowest BCUT2D eigenvalue weighted by molar-refractivity contribution is -0.142. The molecule has 1 aromatic rings. The third-order valence-electron chi connectivity index (χ3n) is 3.90. The fraction of sp³-hybridized carbons (Fsp3) is 0.375. The molecule has 0 saturated heterocycles. The standard InChI is InChI=1S/C16H17NO3/c18-15-9-10-16(19)17(15)13-7-4-8-14(13)20-11-12-5-2-1-3-6-12/h1-3,5-6,9-10,13-14H,4,7-8,11H2/t13-,14-/m1/s1. The number of hydrogen-bond donors (Lipinski definition) is 0. The van der Waals surface area contributed by atoms with Crippen molar-refractivity contribution < 1.29 is 14.3 Å². The molecule has 1 aliphatic heterocycles. The van der Waals surface area contributed by atoms with Crippen molar-refractivity contribution in [2.45, 2.75) is 38.0 Å². The lowest BCUT2D eigenvalue weighted by Crippen LogP contribution is -2.45. The van der Waals surface area contributed by atoms with Crippen molar-refractivity contribution >= 4 is 11.8 Å². The first-order valence-corrected chi connectivity index (χ1v) is 6.96. The Morgan fingerprint density at radius 3 is 2.45 bits per heavy atom. The lowest BCUT2D eigenvalue weighted by Gasteiger charge is -2.27. The SMILES string of the molecule is O=C1C=CC(=O)N1[C@@H]1CCC[C@H]1OCc1ccccc1. The van der Waals surface area contributed by atoms with Crippen LogP contribution in [0.25, 0.3) is 0 Å². The molecule has 20 heavy (non-hydrogen) atoms. The molecule has 2 aliphatic rings. The number of carbonyl (C=O) groups excluding carboxylic acids is 2. The molecule has 0 unspecified atom stereocenters. The van der Waals surface area contributed by atoms with Crippen LogP contribution in [0, 0.1) is 0 Å². The third kappa shape index (κ3) is 2.51. The van der Waals surface area contributed by atoms with E-state index in [0.717, 1.165) is 24.8 Å². The number of carbonyl (C=O) groups is 2. The highest BCUT2D eigenvalue weighted by Crippen LogP contribution is 2.29. The van der Waals surface area contributed by atoms with Crippen molar-refractivity contribution in [3.8, 4) is 0 Å². The first-order chi connectivity index (χ1) is 9.75. The van der Waals surface area contributed by atoms with Gasteiger partial charge in [-0.05, 0) is 24.8 Å². The van der Waals surface area contributed by atoms with Crippen LogP contribution in [0.5, 0.6) is 0 Å². The van der Waals surface area contributed by atoms with Gasteiger partial charge in [-0.2, -0.15) is 0 Å². The minimum Gasteiger partial charge on any atom is -0.371 e. The molecule has 0 N–H and O–H groups in total. The summed E-state index contributed by atoms with van der Waals surface area (Å²) in [5.74, 6) is -0.426. The Morgan fingerprint density at radius 2 is 1.75 bits per heavy atom. The monoisotopic (exact) mass is 271 g/mol. The summed E-state index contributed by atoms with van der Waals surface area (Å²) < 4.78 is 5.94. The number of ether oxygens (including phenoxy) is 1. The second-order valence-corrected chi connectivity index (χ2v) is 5.21. The van der Waals surface area contributed by atoms with Gasteiger partial charge < -0.3 is 4.74 Å². The van der Waals surface area contributed by atoms with Gasteiger partial charge in [-0.3, -0.25) is 14.5 Å². The van der Waals surface area contributed by atoms with Crippen molar-refractivity contribution in [1.29, 1.82) is 0 Å². The predicted octanol–water partition coefficient (Wildman–Crippen LogP) is 2.05. The van der Waals surface area contributed by atoms with Crippen LogP contribution < -0.4 is 0 Å². The van der Waals surface area contributed by atoms with Gasteiger partial charge in [0.25, 0.3) is 11.8 Å². The van der Waals surface area contributed by atoms with E-state index in [1.54, 1.807) is 0 Å². The van der Waals surface area contributed by atoms with E-state index in [0.29, 0.717) is 6.61 Å². The van der Waals surface area contributed by atoms with E-state index < -0.39 is 0 Å². The zero-order chi connectivity index (χ0) is 13.9. The van der Waals surface area contributed by atoms with Crippen LogP contribution in [-0.4, -0.2) is 28.9 Å². The van der Waals surface area contributed by atoms with E-state index in [2.05, 4.69) is 0 Å². The highest BCUT2D eigenvalue weighted by molar-refractivity contribution is 6.13. The Hall–Kier alpha value is -1.94. The van der Waals surface area contributed by atoms with Gasteiger partial charge in [-0.1, -0.05) is 30.3 Å². The average molecular weight is 271 g/mol. The smallest absolute Gasteiger partial charge is 0.253 e. The zero-order valence-electron chi connectivity index (χ0n) is 11.2. The van der Waals surface area contributed by atoms with Crippen molar-refractivity contribution in [2.24, 2.45) is 0 Å². The molecule has 4 heteroatoms. The minimum atomic E-state index is -0.213. The molecule has 2 atom stereocenters. The molecule has 4 nitrogen and oxygen atoms in total. The fourth-order valence-corrected chi connectivity index (χ4v) is 2.91. The first kappa shape index (κ1) is 13.1. The number of rotatable bonds is 4. The van der Waals surface area contributed by atoms with Crippen molar-refractivity contribution in [3.63, 3.8) is 0 Å². The molecule has 2 amide bonds. The summed E-state index contributed by atoms with van der Waals surface area (Å²) >= 11 is 0. The Morgan fingerprint density at radius 1 is 1.05 bits per heavy atom. The molecule has 0 spiro atoms. The molecule has 1 aromatic carbocycles. The number of nitrogens with zero attached hydrogens (tertiary/aromatic N) is 1. The van der Waals surface area contributed by atoms with Gasteiger partial charge in [0.1, 0.15) is 0 Å². The van der Waals surface area contributed by atoms with Crippen LogP contribution in [-0.2, 0) is 20.9 Å². The molecule has 1 fully saturated rings. The lowest BCUT2D eigenvalue weighted by atomic mass is 10.1. The van der Waals surface area contributed by atoms with Crippen LogP contribution in [0.2, 0.25) is 0 Å². The molecular formula is C16H17NO3. The molecule has 0 aromatic heterocycles. The van der Waals surface area contributed by atoms with Gasteiger partial charge in [-0.25, -0.2) is 0 Å². The van der Waals surface area contributed by atoms with Gasteiger partial charge in [-0.15, -0.1) is 0 Å². The number of imide groups is 1. The Bertz CT molecular complexity index is 520. The second-order valence-electron chi connectivity index (χ2n) is 5.21. The average Bonchev–Trinajstić information content (AvgIpc) is 3.04. The molecule has 1 heterocycles. The largest absolute Gasteiger partial charge is 0.371 e. The van der Waals surface area contributed by atoms with E-state index in [1.165, 1.54) is 17.1 Å². The second kappa shape index (κ2) is 5.59. The Kier molecular flexibility index (Phi) is 3.65. The minimum absolute atomic E-state index is 0.0528. The van der Waals surface area contributed by atoms with Crippen molar-refractivity contribution in [2.75, 3.05) is 0 Å². The van der Waals surface area contributed by atoms with Crippen LogP contribution in [0.4, 0.5) is 0 Å². The van der Waals surface area contributed by atoms with E-state index in [-0.39, 0.29) is 24.0 Å². The maximum Gasteiger partial charge on any atom is 0.253 e. The number of amides is 2. The van der Waals surface area contributed by atoms with E-state index in [4.69, 9.17) is 4.74 Å². The van der Waals surface area contributed by atoms with E-state index in [1.807, 2.05) is 30.3 Å². The predicted molar refractivity (Wildman–Crippen MR) is 73.7 cm³/mol. The summed E-state index contributed by atoms with van der Waals surface area (Å²) in [6.07, 6.45) is 5.35. The molecule has 104 valence electrons. The van der Waals surface area contributed by atoms with Gasteiger partial charge in [0.2, 0.25) is 0 Å². The Labute approximate surface area is 118 Å². The summed E-state index contributed by atoms with van der Waals surface area (Å²) in [6, 6.07) is 9.82. The number of hydrogen-bond acceptors (Lipinski definition) is 3. The molecule has 3 rings (SSSR count). The Balaban J connectivity index is 1.64. The van der Waals surface area contributed by atoms with Gasteiger partial charge in [0, 0.05) is 12.2 Å². The van der Waals surface area contributed by atoms with Crippen LogP contribution in [0.15, 0.2) is 42.5 Å². The highest BCUT2D eigenvalue weighted by Gasteiger charge is 2.39. The third-order valence-corrected chi connectivity index (χ3v) is 3.90. The van der Waals surface area contributed by atoms with E-state index >= 15 is 0 Å². The maximum atomic E-state index is 11.8. The summed E-state index contributed by atoms with van der Waals surface area (Å²) in [5.41, 5.74) is 1.11. The number of benzene rings is 1. The fourth-order valence-electron chi connectivity index (χ4n) is 2.91. The highest BCUT2D eigenvalue weighted by atomic mass is 16.5. The molecule has 1 saturated carbocycles. The van der Waals surface area contributed by atoms with Crippen LogP contribution in [0.3, 0.4) is 0 Å². The van der Waals surface area contributed by atoms with Crippen molar-refractivity contribution in [3.05, 3.63) is 48.0 Å². The summed E-state index contributed by atoms with van der Waals surface area (Å²) in [5, 5.41) is 0. The van der Waals surface area contributed by atoms with Gasteiger partial charge in [0.15, 0.2) is 0 Å². The van der Waals surface area contributed by atoms with E-state index in [9.17, 15) is 9.59 Å². The molecule has 0 radical (unpaired) electrons. The molecular weight excluding hydrogens is 254 g/mol. The first-order valence-electron chi connectivity index (χ1n) is 6.96. The summed E-state index contributed by atoms with van der Waals surface area (Å²) in [4.78, 5) is 24.9. The van der Waals surface area contributed by atoms with Crippen LogP contribution in [0.1, 0.15) is 24.8 Å². The van der Waals surface area contributed by atoms with Crippen molar-refractivity contribution in [1.82, 2.24) is 4.90 Å². The molecule has 1 aliphatic carbocycles. The summed E-state index contributed by atoms with van der Waals surface area (Å²) in [7, 11) is 0. The molecule has 0 bridgehead atoms. The van der Waals surface area contributed by atoms with Crippen LogP contribution >= 0.6 is 0 Å².